The van der Waals surface area contributed by atoms with Crippen LogP contribution in [0.5, 0.6) is 0 Å². The fourth-order valence-corrected chi connectivity index (χ4v) is 2.13. The van der Waals surface area contributed by atoms with Crippen molar-refractivity contribution in [3.05, 3.63) is 11.6 Å². The van der Waals surface area contributed by atoms with Gasteiger partial charge in [0.15, 0.2) is 0 Å². The van der Waals surface area contributed by atoms with Crippen molar-refractivity contribution in [1.29, 1.82) is 0 Å². The minimum absolute atomic E-state index is 0.191. The van der Waals surface area contributed by atoms with Crippen LogP contribution in [0.15, 0.2) is 11.6 Å². The van der Waals surface area contributed by atoms with E-state index in [0.717, 1.165) is 5.57 Å². The van der Waals surface area contributed by atoms with Crippen LogP contribution < -0.4 is 0 Å². The van der Waals surface area contributed by atoms with E-state index in [0.29, 0.717) is 6.42 Å². The zero-order valence-corrected chi connectivity index (χ0v) is 9.20. The molecule has 1 N–H and O–H groups in total. The summed E-state index contributed by atoms with van der Waals surface area (Å²) < 4.78 is 5.25. The molecule has 0 spiro atoms. The number of hydrogen-bond donors (Lipinski definition) is 1. The second-order valence-corrected chi connectivity index (χ2v) is 4.66. The Bertz CT molecular complexity index is 266. The van der Waals surface area contributed by atoms with E-state index in [-0.39, 0.29) is 17.5 Å². The van der Waals surface area contributed by atoms with Gasteiger partial charge >= 0.3 is 5.97 Å². The van der Waals surface area contributed by atoms with Crippen molar-refractivity contribution in [1.82, 2.24) is 0 Å². The lowest BCUT2D eigenvalue weighted by Crippen LogP contribution is -2.40. The van der Waals surface area contributed by atoms with Crippen LogP contribution in [-0.4, -0.2) is 23.3 Å². The SMILES string of the molecule is CC(=O)O[C@H]1C(C)=C[C@@H](O)CC1(C)C. The van der Waals surface area contributed by atoms with Crippen molar-refractivity contribution >= 4 is 5.97 Å². The minimum Gasteiger partial charge on any atom is -0.457 e. The molecule has 80 valence electrons. The normalized spacial score (nSPS) is 30.8. The minimum atomic E-state index is -0.420. The van der Waals surface area contributed by atoms with Crippen LogP contribution in [0.25, 0.3) is 0 Å². The fourth-order valence-electron chi connectivity index (χ4n) is 2.13. The third-order valence-electron chi connectivity index (χ3n) is 2.60. The molecule has 3 nitrogen and oxygen atoms in total. The smallest absolute Gasteiger partial charge is 0.303 e. The van der Waals surface area contributed by atoms with Gasteiger partial charge in [-0.1, -0.05) is 19.9 Å². The molecule has 0 heterocycles. The number of carbonyl (C=O) groups is 1. The van der Waals surface area contributed by atoms with Crippen LogP contribution in [0.4, 0.5) is 0 Å². The van der Waals surface area contributed by atoms with Crippen molar-refractivity contribution in [2.75, 3.05) is 0 Å². The number of esters is 1. The first-order valence-electron chi connectivity index (χ1n) is 4.86. The van der Waals surface area contributed by atoms with Gasteiger partial charge in [0.1, 0.15) is 6.10 Å². The molecule has 14 heavy (non-hydrogen) atoms. The van der Waals surface area contributed by atoms with E-state index in [2.05, 4.69) is 0 Å². The highest BCUT2D eigenvalue weighted by Crippen LogP contribution is 2.37. The van der Waals surface area contributed by atoms with Crippen molar-refractivity contribution in [3.8, 4) is 0 Å². The Morgan fingerprint density at radius 1 is 1.64 bits per heavy atom. The molecule has 0 aromatic rings. The molecular weight excluding hydrogens is 180 g/mol. The summed E-state index contributed by atoms with van der Waals surface area (Å²) in [6, 6.07) is 0. The molecule has 0 saturated heterocycles. The van der Waals surface area contributed by atoms with Gasteiger partial charge in [0.05, 0.1) is 6.10 Å². The summed E-state index contributed by atoms with van der Waals surface area (Å²) in [7, 11) is 0. The molecule has 0 aromatic heterocycles. The Morgan fingerprint density at radius 3 is 2.64 bits per heavy atom. The second-order valence-electron chi connectivity index (χ2n) is 4.66. The van der Waals surface area contributed by atoms with Crippen molar-refractivity contribution < 1.29 is 14.6 Å². The molecule has 1 rings (SSSR count). The van der Waals surface area contributed by atoms with Crippen LogP contribution in [0.1, 0.15) is 34.1 Å². The van der Waals surface area contributed by atoms with E-state index >= 15 is 0 Å². The Morgan fingerprint density at radius 2 is 2.21 bits per heavy atom. The molecular formula is C11H18O3. The quantitative estimate of drug-likeness (QED) is 0.515. The zero-order valence-electron chi connectivity index (χ0n) is 9.20. The topological polar surface area (TPSA) is 46.5 Å². The molecule has 0 radical (unpaired) electrons. The Hall–Kier alpha value is -0.830. The third-order valence-corrected chi connectivity index (χ3v) is 2.60. The average molecular weight is 198 g/mol. The van der Waals surface area contributed by atoms with Gasteiger partial charge in [0.25, 0.3) is 0 Å². The molecule has 0 bridgehead atoms. The van der Waals surface area contributed by atoms with E-state index in [1.54, 1.807) is 6.08 Å². The van der Waals surface area contributed by atoms with Crippen molar-refractivity contribution in [3.63, 3.8) is 0 Å². The summed E-state index contributed by atoms with van der Waals surface area (Å²) in [6.07, 6.45) is 1.77. The van der Waals surface area contributed by atoms with Crippen LogP contribution in [-0.2, 0) is 9.53 Å². The predicted octanol–water partition coefficient (Wildman–Crippen LogP) is 1.66. The van der Waals surface area contributed by atoms with Gasteiger partial charge in [-0.15, -0.1) is 0 Å². The molecule has 0 unspecified atom stereocenters. The monoisotopic (exact) mass is 198 g/mol. The van der Waals surface area contributed by atoms with Gasteiger partial charge in [-0.3, -0.25) is 4.79 Å². The van der Waals surface area contributed by atoms with Crippen LogP contribution >= 0.6 is 0 Å². The molecule has 1 aliphatic rings. The van der Waals surface area contributed by atoms with Gasteiger partial charge < -0.3 is 9.84 Å². The maximum Gasteiger partial charge on any atom is 0.303 e. The maximum absolute atomic E-state index is 10.9. The van der Waals surface area contributed by atoms with Gasteiger partial charge in [0, 0.05) is 12.3 Å². The predicted molar refractivity (Wildman–Crippen MR) is 53.7 cm³/mol. The van der Waals surface area contributed by atoms with Crippen LogP contribution in [0.2, 0.25) is 0 Å². The Labute approximate surface area is 84.8 Å². The maximum atomic E-state index is 10.9. The molecule has 0 amide bonds. The number of ether oxygens (including phenoxy) is 1. The van der Waals surface area contributed by atoms with Gasteiger partial charge in [-0.2, -0.15) is 0 Å². The number of carbonyl (C=O) groups excluding carboxylic acids is 1. The lowest BCUT2D eigenvalue weighted by molar-refractivity contribution is -0.151. The first-order valence-corrected chi connectivity index (χ1v) is 4.86. The second kappa shape index (κ2) is 3.73. The third kappa shape index (κ3) is 2.35. The molecule has 1 aliphatic carbocycles. The van der Waals surface area contributed by atoms with E-state index < -0.39 is 6.10 Å². The summed E-state index contributed by atoms with van der Waals surface area (Å²) in [4.78, 5) is 10.9. The van der Waals surface area contributed by atoms with E-state index in [1.165, 1.54) is 6.92 Å². The lowest BCUT2D eigenvalue weighted by Gasteiger charge is -2.39. The number of aliphatic hydroxyl groups is 1. The first-order chi connectivity index (χ1) is 6.33. The average Bonchev–Trinajstić information content (AvgIpc) is 1.95. The molecule has 0 saturated carbocycles. The molecule has 3 heteroatoms. The van der Waals surface area contributed by atoms with Gasteiger partial charge in [-0.25, -0.2) is 0 Å². The van der Waals surface area contributed by atoms with E-state index in [1.807, 2.05) is 20.8 Å². The summed E-state index contributed by atoms with van der Waals surface area (Å²) in [6.45, 7) is 7.30. The van der Waals surface area contributed by atoms with Gasteiger partial charge in [0.2, 0.25) is 0 Å². The van der Waals surface area contributed by atoms with Crippen LogP contribution in [0.3, 0.4) is 0 Å². The van der Waals surface area contributed by atoms with Gasteiger partial charge in [-0.05, 0) is 18.9 Å². The highest BCUT2D eigenvalue weighted by atomic mass is 16.5. The molecule has 2 atom stereocenters. The summed E-state index contributed by atoms with van der Waals surface area (Å²) >= 11 is 0. The lowest BCUT2D eigenvalue weighted by atomic mass is 9.74. The Balaban J connectivity index is 2.89. The summed E-state index contributed by atoms with van der Waals surface area (Å²) in [5, 5.41) is 9.55. The van der Waals surface area contributed by atoms with Crippen molar-refractivity contribution in [2.24, 2.45) is 5.41 Å². The highest BCUT2D eigenvalue weighted by molar-refractivity contribution is 5.66. The van der Waals surface area contributed by atoms with Crippen molar-refractivity contribution in [2.45, 2.75) is 46.3 Å². The van der Waals surface area contributed by atoms with E-state index in [4.69, 9.17) is 4.74 Å². The number of aliphatic hydroxyl groups excluding tert-OH is 1. The first kappa shape index (κ1) is 11.2. The number of hydrogen-bond acceptors (Lipinski definition) is 3. The molecule has 0 aromatic carbocycles. The zero-order chi connectivity index (χ0) is 10.9. The Kier molecular flexibility index (Phi) is 3.00. The highest BCUT2D eigenvalue weighted by Gasteiger charge is 2.38. The number of rotatable bonds is 1. The van der Waals surface area contributed by atoms with E-state index in [9.17, 15) is 9.90 Å². The standard InChI is InChI=1S/C11H18O3/c1-7-5-9(13)6-11(3,4)10(7)14-8(2)12/h5,9-10,13H,6H2,1-4H3/t9-,10+/m1/s1. The molecule has 0 aliphatic heterocycles. The fraction of sp³-hybridized carbons (Fsp3) is 0.727. The van der Waals surface area contributed by atoms with Crippen LogP contribution in [0, 0.1) is 5.41 Å². The summed E-state index contributed by atoms with van der Waals surface area (Å²) in [5.41, 5.74) is 0.744. The largest absolute Gasteiger partial charge is 0.457 e. The summed E-state index contributed by atoms with van der Waals surface area (Å²) in [5.74, 6) is -0.271. The molecule has 0 fully saturated rings.